The van der Waals surface area contributed by atoms with E-state index in [-0.39, 0.29) is 18.5 Å². The number of rotatable bonds is 5. The van der Waals surface area contributed by atoms with Crippen LogP contribution in [0.1, 0.15) is 34.7 Å². The smallest absolute Gasteiger partial charge is 0.352 e. The van der Waals surface area contributed by atoms with Crippen LogP contribution in [-0.4, -0.2) is 34.2 Å². The molecule has 0 spiro atoms. The zero-order chi connectivity index (χ0) is 17.9. The predicted octanol–water partition coefficient (Wildman–Crippen LogP) is 1.76. The molecule has 0 aliphatic carbocycles. The van der Waals surface area contributed by atoms with Crippen LogP contribution in [0.5, 0.6) is 0 Å². The van der Waals surface area contributed by atoms with Crippen molar-refractivity contribution in [1.29, 1.82) is 0 Å². The van der Waals surface area contributed by atoms with Crippen LogP contribution in [0, 0.1) is 0 Å². The van der Waals surface area contributed by atoms with E-state index < -0.39 is 17.6 Å². The van der Waals surface area contributed by atoms with Gasteiger partial charge in [0.2, 0.25) is 5.91 Å². The molecule has 2 aromatic heterocycles. The van der Waals surface area contributed by atoms with Crippen molar-refractivity contribution in [2.45, 2.75) is 31.5 Å². The van der Waals surface area contributed by atoms with Crippen LogP contribution in [0.2, 0.25) is 0 Å². The van der Waals surface area contributed by atoms with E-state index in [1.54, 1.807) is 6.20 Å². The molecule has 6 nitrogen and oxygen atoms in total. The van der Waals surface area contributed by atoms with Crippen molar-refractivity contribution in [2.24, 2.45) is 0 Å². The number of H-pyrrole nitrogens is 1. The number of pyridine rings is 1. The Morgan fingerprint density at radius 1 is 1.32 bits per heavy atom. The summed E-state index contributed by atoms with van der Waals surface area (Å²) in [7, 11) is 0. The maximum atomic E-state index is 13.0. The van der Waals surface area contributed by atoms with Gasteiger partial charge in [-0.15, -0.1) is 0 Å². The highest BCUT2D eigenvalue weighted by atomic mass is 19.4. The van der Waals surface area contributed by atoms with Crippen LogP contribution in [0.3, 0.4) is 0 Å². The summed E-state index contributed by atoms with van der Waals surface area (Å²) in [5.41, 5.74) is 0.838. The number of halogens is 3. The molecule has 3 rings (SSSR count). The van der Waals surface area contributed by atoms with E-state index in [2.05, 4.69) is 25.8 Å². The van der Waals surface area contributed by atoms with Gasteiger partial charge >= 0.3 is 6.18 Å². The minimum atomic E-state index is -4.51. The monoisotopic (exact) mass is 353 g/mol. The molecule has 0 radical (unpaired) electrons. The van der Waals surface area contributed by atoms with Crippen molar-refractivity contribution in [1.82, 2.24) is 25.8 Å². The van der Waals surface area contributed by atoms with Gasteiger partial charge in [0.1, 0.15) is 0 Å². The molecule has 1 aliphatic heterocycles. The number of aromatic nitrogens is 3. The predicted molar refractivity (Wildman–Crippen MR) is 83.6 cm³/mol. The van der Waals surface area contributed by atoms with Crippen molar-refractivity contribution in [3.63, 3.8) is 0 Å². The molecule has 1 amide bonds. The van der Waals surface area contributed by atoms with Crippen LogP contribution in [0.25, 0.3) is 0 Å². The fourth-order valence-corrected chi connectivity index (χ4v) is 2.99. The average molecular weight is 353 g/mol. The molecule has 9 heteroatoms. The Balaban J connectivity index is 1.62. The van der Waals surface area contributed by atoms with Crippen molar-refractivity contribution in [3.8, 4) is 0 Å². The molecule has 25 heavy (non-hydrogen) atoms. The standard InChI is InChI=1S/C16H18F3N5O/c17-16(18,19)13-2-4-21-7-11(13)5-14(25)22-8-12-9-23-24-15(12)10-1-3-20-6-10/h2,4,7,9-10,20H,1,3,5-6,8H2,(H,22,25)(H,23,24). The van der Waals surface area contributed by atoms with Gasteiger partial charge in [0.05, 0.1) is 18.2 Å². The molecule has 0 saturated carbocycles. The lowest BCUT2D eigenvalue weighted by atomic mass is 10.0. The van der Waals surface area contributed by atoms with Crippen molar-refractivity contribution >= 4 is 5.91 Å². The molecule has 1 aliphatic rings. The molecule has 2 aromatic rings. The van der Waals surface area contributed by atoms with Gasteiger partial charge in [0, 0.05) is 42.7 Å². The number of hydrogen-bond acceptors (Lipinski definition) is 4. The maximum Gasteiger partial charge on any atom is 0.416 e. The zero-order valence-electron chi connectivity index (χ0n) is 13.4. The Bertz CT molecular complexity index is 737. The molecule has 1 fully saturated rings. The quantitative estimate of drug-likeness (QED) is 0.765. The maximum absolute atomic E-state index is 13.0. The lowest BCUT2D eigenvalue weighted by Gasteiger charge is -2.13. The van der Waals surface area contributed by atoms with Crippen LogP contribution >= 0.6 is 0 Å². The van der Waals surface area contributed by atoms with Gasteiger partial charge in [0.25, 0.3) is 0 Å². The average Bonchev–Trinajstić information content (AvgIpc) is 3.23. The van der Waals surface area contributed by atoms with E-state index in [1.807, 2.05) is 0 Å². The van der Waals surface area contributed by atoms with Gasteiger partial charge < -0.3 is 10.6 Å². The number of aromatic amines is 1. The number of nitrogens with zero attached hydrogens (tertiary/aromatic N) is 2. The number of carbonyl (C=O) groups excluding carboxylic acids is 1. The first-order valence-corrected chi connectivity index (χ1v) is 7.95. The number of carbonyl (C=O) groups is 1. The molecule has 1 saturated heterocycles. The van der Waals surface area contributed by atoms with Gasteiger partial charge in [-0.2, -0.15) is 18.3 Å². The summed E-state index contributed by atoms with van der Waals surface area (Å²) in [6.07, 6.45) is -0.118. The first kappa shape index (κ1) is 17.4. The summed E-state index contributed by atoms with van der Waals surface area (Å²) in [5.74, 6) is -0.181. The van der Waals surface area contributed by atoms with Gasteiger partial charge in [0.15, 0.2) is 0 Å². The Labute approximate surface area is 142 Å². The van der Waals surface area contributed by atoms with Gasteiger partial charge in [-0.25, -0.2) is 0 Å². The normalized spacial score (nSPS) is 17.6. The van der Waals surface area contributed by atoms with Crippen LogP contribution < -0.4 is 10.6 Å². The van der Waals surface area contributed by atoms with Gasteiger partial charge in [-0.05, 0) is 24.6 Å². The minimum Gasteiger partial charge on any atom is -0.352 e. The molecule has 0 bridgehead atoms. The Morgan fingerprint density at radius 2 is 2.16 bits per heavy atom. The molecule has 1 atom stereocenters. The van der Waals surface area contributed by atoms with Gasteiger partial charge in [-0.1, -0.05) is 0 Å². The zero-order valence-corrected chi connectivity index (χ0v) is 13.4. The fraction of sp³-hybridized carbons (Fsp3) is 0.438. The highest BCUT2D eigenvalue weighted by Gasteiger charge is 2.33. The lowest BCUT2D eigenvalue weighted by molar-refractivity contribution is -0.138. The van der Waals surface area contributed by atoms with E-state index in [4.69, 9.17) is 0 Å². The highest BCUT2D eigenvalue weighted by molar-refractivity contribution is 5.78. The van der Waals surface area contributed by atoms with E-state index in [0.717, 1.165) is 49.2 Å². The summed E-state index contributed by atoms with van der Waals surface area (Å²) in [4.78, 5) is 15.8. The summed E-state index contributed by atoms with van der Waals surface area (Å²) in [5, 5.41) is 12.9. The van der Waals surface area contributed by atoms with E-state index >= 15 is 0 Å². The first-order valence-electron chi connectivity index (χ1n) is 7.95. The third kappa shape index (κ3) is 4.16. The first-order chi connectivity index (χ1) is 11.9. The van der Waals surface area contributed by atoms with Crippen molar-refractivity contribution in [3.05, 3.63) is 47.0 Å². The van der Waals surface area contributed by atoms with E-state index in [0.29, 0.717) is 5.92 Å². The number of alkyl halides is 3. The molecule has 0 aromatic carbocycles. The number of hydrogen-bond donors (Lipinski definition) is 3. The third-order valence-corrected chi connectivity index (χ3v) is 4.26. The second-order valence-electron chi connectivity index (χ2n) is 5.98. The van der Waals surface area contributed by atoms with Crippen LogP contribution in [0.4, 0.5) is 13.2 Å². The SMILES string of the molecule is O=C(Cc1cnccc1C(F)(F)F)NCc1cn[nH]c1C1CCNC1. The third-order valence-electron chi connectivity index (χ3n) is 4.26. The Morgan fingerprint density at radius 3 is 2.88 bits per heavy atom. The Kier molecular flexibility index (Phi) is 5.03. The van der Waals surface area contributed by atoms with E-state index in [9.17, 15) is 18.0 Å². The van der Waals surface area contributed by atoms with E-state index in [1.165, 1.54) is 0 Å². The minimum absolute atomic E-state index is 0.139. The summed E-state index contributed by atoms with van der Waals surface area (Å²) < 4.78 is 38.9. The van der Waals surface area contributed by atoms with Gasteiger partial charge in [-0.3, -0.25) is 14.9 Å². The molecule has 134 valence electrons. The van der Waals surface area contributed by atoms with Crippen LogP contribution in [-0.2, 0) is 23.9 Å². The molecular formula is C16H18F3N5O. The van der Waals surface area contributed by atoms with Crippen LogP contribution in [0.15, 0.2) is 24.7 Å². The molecule has 3 heterocycles. The van der Waals surface area contributed by atoms with Crippen molar-refractivity contribution < 1.29 is 18.0 Å². The highest BCUT2D eigenvalue weighted by Crippen LogP contribution is 2.31. The summed E-state index contributed by atoms with van der Waals surface area (Å²) >= 11 is 0. The number of amides is 1. The largest absolute Gasteiger partial charge is 0.416 e. The molecular weight excluding hydrogens is 335 g/mol. The molecule has 1 unspecified atom stereocenters. The lowest BCUT2D eigenvalue weighted by Crippen LogP contribution is -2.26. The Hall–Kier alpha value is -2.42. The number of nitrogens with one attached hydrogen (secondary N) is 3. The van der Waals surface area contributed by atoms with Crippen molar-refractivity contribution in [2.75, 3.05) is 13.1 Å². The summed E-state index contributed by atoms with van der Waals surface area (Å²) in [6, 6.07) is 0.879. The fourth-order valence-electron chi connectivity index (χ4n) is 2.99. The second-order valence-corrected chi connectivity index (χ2v) is 5.98. The summed E-state index contributed by atoms with van der Waals surface area (Å²) in [6.45, 7) is 1.99. The molecule has 3 N–H and O–H groups in total. The second kappa shape index (κ2) is 7.22. The topological polar surface area (TPSA) is 82.7 Å².